The fraction of sp³-hybridized carbons (Fsp3) is 0.238. The van der Waals surface area contributed by atoms with Gasteiger partial charge in [-0.2, -0.15) is 4.52 Å². The van der Waals surface area contributed by atoms with Gasteiger partial charge in [-0.05, 0) is 59.2 Å². The van der Waals surface area contributed by atoms with Gasteiger partial charge in [0, 0.05) is 31.0 Å². The Hall–Kier alpha value is -3.35. The Morgan fingerprint density at radius 3 is 2.57 bits per heavy atom. The second-order valence-electron chi connectivity index (χ2n) is 7.03. The second kappa shape index (κ2) is 6.99. The van der Waals surface area contributed by atoms with Gasteiger partial charge in [0.2, 0.25) is 5.91 Å². The summed E-state index contributed by atoms with van der Waals surface area (Å²) in [4.78, 5) is 13.9. The van der Waals surface area contributed by atoms with Crippen LogP contribution < -0.4 is 0 Å². The van der Waals surface area contributed by atoms with E-state index in [4.69, 9.17) is 0 Å². The van der Waals surface area contributed by atoms with Gasteiger partial charge in [-0.3, -0.25) is 4.79 Å². The van der Waals surface area contributed by atoms with Gasteiger partial charge in [0.1, 0.15) is 5.82 Å². The molecule has 6 nitrogen and oxygen atoms in total. The van der Waals surface area contributed by atoms with E-state index in [1.807, 2.05) is 12.1 Å². The summed E-state index contributed by atoms with van der Waals surface area (Å²) in [6.45, 7) is 6.37. The van der Waals surface area contributed by atoms with E-state index in [2.05, 4.69) is 35.4 Å². The fourth-order valence-corrected chi connectivity index (χ4v) is 3.42. The Morgan fingerprint density at radius 1 is 1.11 bits per heavy atom. The highest BCUT2D eigenvalue weighted by atomic mass is 19.1. The first kappa shape index (κ1) is 18.0. The largest absolute Gasteiger partial charge is 0.334 e. The maximum Gasteiger partial charge on any atom is 0.220 e. The number of fused-ring (bicyclic) bond motifs is 3. The van der Waals surface area contributed by atoms with E-state index < -0.39 is 0 Å². The lowest BCUT2D eigenvalue weighted by Gasteiger charge is -2.22. The van der Waals surface area contributed by atoms with Crippen LogP contribution in [0.1, 0.15) is 29.2 Å². The fourth-order valence-electron chi connectivity index (χ4n) is 3.42. The summed E-state index contributed by atoms with van der Waals surface area (Å²) in [6, 6.07) is 12.3. The van der Waals surface area contributed by atoms with E-state index >= 15 is 0 Å². The minimum atomic E-state index is -0.297. The van der Waals surface area contributed by atoms with Crippen molar-refractivity contribution in [3.05, 3.63) is 70.5 Å². The quantitative estimate of drug-likeness (QED) is 0.545. The number of aromatic nitrogens is 4. The molecule has 0 saturated carbocycles. The number of pyridine rings is 1. The van der Waals surface area contributed by atoms with Crippen LogP contribution in [0.5, 0.6) is 0 Å². The average molecular weight is 377 g/mol. The zero-order valence-electron chi connectivity index (χ0n) is 16.0. The first-order chi connectivity index (χ1) is 13.4. The number of benzene rings is 2. The van der Waals surface area contributed by atoms with Crippen LogP contribution in [0.15, 0.2) is 42.5 Å². The lowest BCUT2D eigenvalue weighted by Crippen LogP contribution is -2.28. The first-order valence-electron chi connectivity index (χ1n) is 9.04. The van der Waals surface area contributed by atoms with Gasteiger partial charge in [-0.1, -0.05) is 24.3 Å². The van der Waals surface area contributed by atoms with Crippen molar-refractivity contribution >= 4 is 22.5 Å². The molecule has 0 atom stereocenters. The normalized spacial score (nSPS) is 11.3. The smallest absolute Gasteiger partial charge is 0.220 e. The molecule has 0 unspecified atom stereocenters. The van der Waals surface area contributed by atoms with Gasteiger partial charge in [0.25, 0.3) is 0 Å². The molecule has 4 rings (SSSR count). The minimum absolute atomic E-state index is 0.0740. The number of carbonyl (C=O) groups is 1. The summed E-state index contributed by atoms with van der Waals surface area (Å²) in [5, 5.41) is 13.2. The summed E-state index contributed by atoms with van der Waals surface area (Å²) < 4.78 is 14.9. The zero-order chi connectivity index (χ0) is 19.8. The molecule has 1 amide bonds. The van der Waals surface area contributed by atoms with E-state index in [0.29, 0.717) is 18.7 Å². The summed E-state index contributed by atoms with van der Waals surface area (Å²) >= 11 is 0. The molecular formula is C21H20FN5O. The molecule has 28 heavy (non-hydrogen) atoms. The zero-order valence-corrected chi connectivity index (χ0v) is 16.0. The molecule has 0 aliphatic heterocycles. The standard InChI is InChI=1S/C21H20FN5O/c1-13-4-7-17-10-18(21-23-24-25-27(21)20(17)14(13)2)12-26(15(3)28)11-16-5-8-19(22)9-6-16/h4-10H,11-12H2,1-3H3. The van der Waals surface area contributed by atoms with E-state index in [9.17, 15) is 9.18 Å². The third-order valence-corrected chi connectivity index (χ3v) is 5.12. The topological polar surface area (TPSA) is 63.4 Å². The van der Waals surface area contributed by atoms with Crippen molar-refractivity contribution in [2.75, 3.05) is 0 Å². The van der Waals surface area contributed by atoms with Gasteiger partial charge in [-0.15, -0.1) is 5.10 Å². The Bertz CT molecular complexity index is 1180. The van der Waals surface area contributed by atoms with Crippen LogP contribution in [0.2, 0.25) is 0 Å². The number of tetrazole rings is 1. The SMILES string of the molecule is CC(=O)N(Cc1ccc(F)cc1)Cc1cc2ccc(C)c(C)c2n2nnnc12. The van der Waals surface area contributed by atoms with Crippen molar-refractivity contribution in [3.8, 4) is 0 Å². The van der Waals surface area contributed by atoms with Crippen molar-refractivity contribution in [2.24, 2.45) is 0 Å². The third-order valence-electron chi connectivity index (χ3n) is 5.12. The van der Waals surface area contributed by atoms with Crippen molar-refractivity contribution in [1.82, 2.24) is 24.9 Å². The second-order valence-corrected chi connectivity index (χ2v) is 7.03. The Kier molecular flexibility index (Phi) is 4.50. The summed E-state index contributed by atoms with van der Waals surface area (Å²) in [5.74, 6) is -0.371. The maximum absolute atomic E-state index is 13.2. The van der Waals surface area contributed by atoms with Crippen molar-refractivity contribution in [2.45, 2.75) is 33.9 Å². The van der Waals surface area contributed by atoms with Gasteiger partial charge in [0.05, 0.1) is 5.52 Å². The van der Waals surface area contributed by atoms with E-state index in [0.717, 1.165) is 27.6 Å². The van der Waals surface area contributed by atoms with E-state index in [1.165, 1.54) is 24.6 Å². The van der Waals surface area contributed by atoms with Gasteiger partial charge in [0.15, 0.2) is 5.65 Å². The molecule has 7 heteroatoms. The van der Waals surface area contributed by atoms with E-state index in [-0.39, 0.29) is 11.7 Å². The highest BCUT2D eigenvalue weighted by molar-refractivity contribution is 5.86. The van der Waals surface area contributed by atoms with Crippen LogP contribution in [-0.2, 0) is 17.9 Å². The van der Waals surface area contributed by atoms with Crippen LogP contribution in [0, 0.1) is 19.7 Å². The third kappa shape index (κ3) is 3.19. The molecule has 0 aliphatic rings. The van der Waals surface area contributed by atoms with Gasteiger partial charge in [-0.25, -0.2) is 4.39 Å². The predicted octanol–water partition coefficient (Wildman–Crippen LogP) is 3.58. The number of carbonyl (C=O) groups excluding carboxylic acids is 1. The van der Waals surface area contributed by atoms with Crippen molar-refractivity contribution in [3.63, 3.8) is 0 Å². The summed E-state index contributed by atoms with van der Waals surface area (Å²) in [7, 11) is 0. The molecule has 2 heterocycles. The molecule has 0 spiro atoms. The number of aryl methyl sites for hydroxylation is 2. The minimum Gasteiger partial charge on any atom is -0.334 e. The lowest BCUT2D eigenvalue weighted by molar-refractivity contribution is -0.130. The molecule has 0 radical (unpaired) electrons. The molecule has 0 N–H and O–H groups in total. The Balaban J connectivity index is 1.76. The maximum atomic E-state index is 13.2. The average Bonchev–Trinajstić information content (AvgIpc) is 3.15. The molecule has 2 aromatic carbocycles. The van der Waals surface area contributed by atoms with Gasteiger partial charge < -0.3 is 4.90 Å². The first-order valence-corrected chi connectivity index (χ1v) is 9.04. The molecule has 0 aliphatic carbocycles. The van der Waals surface area contributed by atoms with Crippen LogP contribution in [-0.4, -0.2) is 30.8 Å². The molecular weight excluding hydrogens is 357 g/mol. The molecule has 142 valence electrons. The molecule has 0 fully saturated rings. The monoisotopic (exact) mass is 377 g/mol. The Morgan fingerprint density at radius 2 is 1.86 bits per heavy atom. The van der Waals surface area contributed by atoms with Crippen molar-refractivity contribution < 1.29 is 9.18 Å². The highest BCUT2D eigenvalue weighted by Gasteiger charge is 2.17. The van der Waals surface area contributed by atoms with Crippen LogP contribution in [0.4, 0.5) is 4.39 Å². The van der Waals surface area contributed by atoms with Gasteiger partial charge >= 0.3 is 0 Å². The number of hydrogen-bond acceptors (Lipinski definition) is 4. The highest BCUT2D eigenvalue weighted by Crippen LogP contribution is 2.25. The Labute approximate surface area is 161 Å². The molecule has 0 saturated heterocycles. The number of rotatable bonds is 4. The molecule has 0 bridgehead atoms. The van der Waals surface area contributed by atoms with Crippen LogP contribution >= 0.6 is 0 Å². The number of nitrogens with zero attached hydrogens (tertiary/aromatic N) is 5. The van der Waals surface area contributed by atoms with Crippen LogP contribution in [0.3, 0.4) is 0 Å². The summed E-state index contributed by atoms with van der Waals surface area (Å²) in [6.07, 6.45) is 0. The predicted molar refractivity (Wildman–Crippen MR) is 104 cm³/mol. The van der Waals surface area contributed by atoms with E-state index in [1.54, 1.807) is 21.5 Å². The van der Waals surface area contributed by atoms with Crippen molar-refractivity contribution in [1.29, 1.82) is 0 Å². The molecule has 2 aromatic heterocycles. The number of hydrogen-bond donors (Lipinski definition) is 0. The number of amides is 1. The number of halogens is 1. The lowest BCUT2D eigenvalue weighted by atomic mass is 10.0. The van der Waals surface area contributed by atoms with Crippen LogP contribution in [0.25, 0.3) is 16.6 Å². The summed E-state index contributed by atoms with van der Waals surface area (Å²) in [5.41, 5.74) is 5.61. The molecule has 4 aromatic rings.